The summed E-state index contributed by atoms with van der Waals surface area (Å²) in [7, 11) is -1.68. The second-order valence-corrected chi connectivity index (χ2v) is 6.07. The van der Waals surface area contributed by atoms with Crippen LogP contribution in [-0.4, -0.2) is 40.8 Å². The highest BCUT2D eigenvalue weighted by atomic mass is 32.2. The van der Waals surface area contributed by atoms with Crippen LogP contribution in [0.3, 0.4) is 0 Å². The van der Waals surface area contributed by atoms with Crippen molar-refractivity contribution in [3.63, 3.8) is 0 Å². The lowest BCUT2D eigenvalue weighted by Gasteiger charge is -2.08. The molecule has 0 aromatic heterocycles. The van der Waals surface area contributed by atoms with Crippen molar-refractivity contribution in [1.29, 1.82) is 0 Å². The molecule has 112 valence electrons. The van der Waals surface area contributed by atoms with Crippen LogP contribution in [0.25, 0.3) is 0 Å². The highest BCUT2D eigenvalue weighted by Gasteiger charge is 2.08. The molecule has 0 aliphatic heterocycles. The summed E-state index contributed by atoms with van der Waals surface area (Å²) in [5.74, 6) is 0.248. The van der Waals surface area contributed by atoms with Gasteiger partial charge in [0.25, 0.3) is 5.91 Å². The lowest BCUT2D eigenvalue weighted by Crippen LogP contribution is -2.29. The number of nitrogen functional groups attached to an aromatic ring is 1. The first-order valence-corrected chi connectivity index (χ1v) is 7.89. The number of nitrogens with one attached hydrogen (secondary N) is 2. The minimum Gasteiger partial charge on any atom is -0.495 e. The molecule has 1 aromatic carbocycles. The second kappa shape index (κ2) is 7.11. The molecule has 0 saturated heterocycles. The lowest BCUT2D eigenvalue weighted by molar-refractivity contribution is 0.0953. The van der Waals surface area contributed by atoms with E-state index in [-0.39, 0.29) is 12.5 Å². The number of amides is 1. The number of hydrogen-bond acceptors (Lipinski definition) is 5. The van der Waals surface area contributed by atoms with E-state index >= 15 is 0 Å². The summed E-state index contributed by atoms with van der Waals surface area (Å²) in [6.45, 7) is 0.650. The van der Waals surface area contributed by atoms with E-state index in [9.17, 15) is 13.2 Å². The summed E-state index contributed by atoms with van der Waals surface area (Å²) in [5.41, 5.74) is 6.53. The minimum atomic E-state index is -3.18. The fourth-order valence-electron chi connectivity index (χ4n) is 1.53. The fraction of sp³-hybridized carbons (Fsp3) is 0.417. The van der Waals surface area contributed by atoms with Gasteiger partial charge in [-0.25, -0.2) is 13.1 Å². The van der Waals surface area contributed by atoms with E-state index in [0.29, 0.717) is 30.0 Å². The first-order chi connectivity index (χ1) is 9.33. The van der Waals surface area contributed by atoms with Gasteiger partial charge in [-0.1, -0.05) is 0 Å². The summed E-state index contributed by atoms with van der Waals surface area (Å²) >= 11 is 0. The molecule has 1 rings (SSSR count). The van der Waals surface area contributed by atoms with Gasteiger partial charge in [0.05, 0.1) is 19.1 Å². The highest BCUT2D eigenvalue weighted by molar-refractivity contribution is 7.88. The molecule has 0 aliphatic rings. The summed E-state index contributed by atoms with van der Waals surface area (Å²) in [6, 6.07) is 4.76. The Morgan fingerprint density at radius 3 is 2.60 bits per heavy atom. The zero-order valence-corrected chi connectivity index (χ0v) is 12.3. The van der Waals surface area contributed by atoms with Gasteiger partial charge in [-0.2, -0.15) is 0 Å². The van der Waals surface area contributed by atoms with Crippen LogP contribution in [0.2, 0.25) is 0 Å². The quantitative estimate of drug-likeness (QED) is 0.483. The van der Waals surface area contributed by atoms with Crippen molar-refractivity contribution in [1.82, 2.24) is 10.0 Å². The van der Waals surface area contributed by atoms with E-state index in [4.69, 9.17) is 10.5 Å². The molecular formula is C12H19N3O4S. The molecule has 0 heterocycles. The molecule has 0 aliphatic carbocycles. The molecule has 1 amide bonds. The Hall–Kier alpha value is -1.80. The number of rotatable bonds is 7. The molecule has 0 bridgehead atoms. The van der Waals surface area contributed by atoms with Crippen molar-refractivity contribution in [2.45, 2.75) is 6.42 Å². The van der Waals surface area contributed by atoms with E-state index in [1.54, 1.807) is 12.1 Å². The molecule has 0 unspecified atom stereocenters. The first kappa shape index (κ1) is 16.3. The Balaban J connectivity index is 2.42. The van der Waals surface area contributed by atoms with Gasteiger partial charge >= 0.3 is 0 Å². The Bertz CT molecular complexity index is 572. The number of methoxy groups -OCH3 is 1. The van der Waals surface area contributed by atoms with Gasteiger partial charge in [0.1, 0.15) is 5.75 Å². The number of ether oxygens (including phenoxy) is 1. The van der Waals surface area contributed by atoms with E-state index in [1.807, 2.05) is 0 Å². The number of benzene rings is 1. The van der Waals surface area contributed by atoms with Gasteiger partial charge < -0.3 is 15.8 Å². The average molecular weight is 301 g/mol. The molecular weight excluding hydrogens is 282 g/mol. The monoisotopic (exact) mass is 301 g/mol. The zero-order chi connectivity index (χ0) is 15.2. The minimum absolute atomic E-state index is 0.265. The van der Waals surface area contributed by atoms with Gasteiger partial charge in [-0.05, 0) is 24.6 Å². The van der Waals surface area contributed by atoms with Crippen molar-refractivity contribution in [2.75, 3.05) is 32.2 Å². The van der Waals surface area contributed by atoms with E-state index in [1.165, 1.54) is 13.2 Å². The van der Waals surface area contributed by atoms with Crippen molar-refractivity contribution in [3.05, 3.63) is 23.8 Å². The number of hydrogen-bond donors (Lipinski definition) is 3. The molecule has 0 atom stereocenters. The van der Waals surface area contributed by atoms with Crippen LogP contribution in [0, 0.1) is 0 Å². The standard InChI is InChI=1S/C12H19N3O4S/c1-19-11-5-4-9(8-10(11)13)12(16)14-6-3-7-15-20(2,17)18/h4-5,8,15H,3,6-7,13H2,1-2H3,(H,14,16). The maximum absolute atomic E-state index is 11.8. The molecule has 0 radical (unpaired) electrons. The highest BCUT2D eigenvalue weighted by Crippen LogP contribution is 2.21. The van der Waals surface area contributed by atoms with Crippen molar-refractivity contribution < 1.29 is 17.9 Å². The van der Waals surface area contributed by atoms with Crippen LogP contribution in [0.5, 0.6) is 5.75 Å². The Morgan fingerprint density at radius 1 is 1.35 bits per heavy atom. The van der Waals surface area contributed by atoms with Crippen molar-refractivity contribution in [2.24, 2.45) is 0 Å². The van der Waals surface area contributed by atoms with Crippen LogP contribution >= 0.6 is 0 Å². The van der Waals surface area contributed by atoms with Gasteiger partial charge in [0.2, 0.25) is 10.0 Å². The Labute approximate surface area is 118 Å². The molecule has 0 saturated carbocycles. The third kappa shape index (κ3) is 5.45. The SMILES string of the molecule is COc1ccc(C(=O)NCCCNS(C)(=O)=O)cc1N. The maximum Gasteiger partial charge on any atom is 0.251 e. The predicted octanol–water partition coefficient (Wildman–Crippen LogP) is -0.0535. The summed E-state index contributed by atoms with van der Waals surface area (Å²) in [5, 5.41) is 2.68. The molecule has 7 nitrogen and oxygen atoms in total. The van der Waals surface area contributed by atoms with E-state index < -0.39 is 10.0 Å². The van der Waals surface area contributed by atoms with Gasteiger partial charge in [0.15, 0.2) is 0 Å². The fourth-order valence-corrected chi connectivity index (χ4v) is 2.04. The number of anilines is 1. The van der Waals surface area contributed by atoms with E-state index in [0.717, 1.165) is 6.26 Å². The van der Waals surface area contributed by atoms with Gasteiger partial charge in [-0.3, -0.25) is 4.79 Å². The molecule has 4 N–H and O–H groups in total. The topological polar surface area (TPSA) is 111 Å². The van der Waals surface area contributed by atoms with Crippen LogP contribution in [0.4, 0.5) is 5.69 Å². The molecule has 20 heavy (non-hydrogen) atoms. The third-order valence-electron chi connectivity index (χ3n) is 2.50. The first-order valence-electron chi connectivity index (χ1n) is 6.00. The number of sulfonamides is 1. The van der Waals surface area contributed by atoms with Gasteiger partial charge in [0, 0.05) is 18.7 Å². The summed E-state index contributed by atoms with van der Waals surface area (Å²) in [6.07, 6.45) is 1.59. The smallest absolute Gasteiger partial charge is 0.251 e. The van der Waals surface area contributed by atoms with Crippen LogP contribution < -0.4 is 20.5 Å². The number of nitrogens with two attached hydrogens (primary N) is 1. The van der Waals surface area contributed by atoms with Crippen molar-refractivity contribution in [3.8, 4) is 5.75 Å². The Kier molecular flexibility index (Phi) is 5.78. The molecule has 0 fully saturated rings. The predicted molar refractivity (Wildman–Crippen MR) is 77.2 cm³/mol. The van der Waals surface area contributed by atoms with Crippen LogP contribution in [0.15, 0.2) is 18.2 Å². The normalized spacial score (nSPS) is 11.1. The largest absolute Gasteiger partial charge is 0.495 e. The Morgan fingerprint density at radius 2 is 2.05 bits per heavy atom. The molecule has 0 spiro atoms. The number of carbonyl (C=O) groups is 1. The molecule has 8 heteroatoms. The zero-order valence-electron chi connectivity index (χ0n) is 11.5. The second-order valence-electron chi connectivity index (χ2n) is 4.23. The number of carbonyl (C=O) groups excluding carboxylic acids is 1. The van der Waals surface area contributed by atoms with Crippen LogP contribution in [0.1, 0.15) is 16.8 Å². The third-order valence-corrected chi connectivity index (χ3v) is 3.22. The summed E-state index contributed by atoms with van der Waals surface area (Å²) in [4.78, 5) is 11.8. The maximum atomic E-state index is 11.8. The van der Waals surface area contributed by atoms with Crippen LogP contribution in [-0.2, 0) is 10.0 Å². The van der Waals surface area contributed by atoms with Crippen molar-refractivity contribution >= 4 is 21.6 Å². The van der Waals surface area contributed by atoms with E-state index in [2.05, 4.69) is 10.0 Å². The average Bonchev–Trinajstić information content (AvgIpc) is 2.36. The summed E-state index contributed by atoms with van der Waals surface area (Å²) < 4.78 is 29.0. The van der Waals surface area contributed by atoms with Gasteiger partial charge in [-0.15, -0.1) is 0 Å². The molecule has 1 aromatic rings. The lowest BCUT2D eigenvalue weighted by atomic mass is 10.1.